The highest BCUT2D eigenvalue weighted by molar-refractivity contribution is 6.00. The molecule has 0 spiro atoms. The minimum atomic E-state index is -1.35. The molecule has 4 amide bonds. The number of hydrogen-bond donors (Lipinski definition) is 6. The van der Waals surface area contributed by atoms with Crippen LogP contribution in [0.3, 0.4) is 0 Å². The number of fused-ring (bicyclic) bond motifs is 5. The molecule has 1 aliphatic rings. The Labute approximate surface area is 404 Å². The van der Waals surface area contributed by atoms with Crippen molar-refractivity contribution in [1.82, 2.24) is 20.4 Å². The van der Waals surface area contributed by atoms with Gasteiger partial charge < -0.3 is 41.5 Å². The molecule has 4 aromatic rings. The van der Waals surface area contributed by atoms with Crippen molar-refractivity contribution in [1.29, 1.82) is 0 Å². The van der Waals surface area contributed by atoms with E-state index in [0.717, 1.165) is 35.3 Å². The molecular formula is C54H67N5O10. The number of carbonyl (C=O) groups is 7. The smallest absolute Gasteiger partial charge is 0.254 e. The molecule has 1 aliphatic heterocycles. The number of carbonyl (C=O) groups excluding carboxylic acids is 7. The average Bonchev–Trinajstić information content (AvgIpc) is 3.33. The van der Waals surface area contributed by atoms with Crippen LogP contribution in [-0.4, -0.2) is 111 Å². The van der Waals surface area contributed by atoms with E-state index >= 15 is 0 Å². The van der Waals surface area contributed by atoms with Crippen LogP contribution in [0.2, 0.25) is 0 Å². The molecule has 15 heteroatoms. The lowest BCUT2D eigenvalue weighted by Gasteiger charge is -2.32. The van der Waals surface area contributed by atoms with Crippen LogP contribution in [0.25, 0.3) is 22.3 Å². The topological polar surface area (TPSA) is 237 Å². The summed E-state index contributed by atoms with van der Waals surface area (Å²) in [5.74, 6) is -6.16. The second-order valence-electron chi connectivity index (χ2n) is 18.3. The SMILES string of the molecule is CCCCc1ccc(-c2ccc(C(=O)N(C)[C@H](CO)C(=O)N[C@H](C)C(=O)C[C@@H](CCCCN)C(=O)N(C)[C@@H]3C(=O)C[C@@H](C)C(=O)N[C@H](C(C)=O)Cc4ccc(O)c(c4)-c4cc3ccc4O)cc2)cc1. The number of aryl methyl sites for hydroxylation is 1. The third-order valence-electron chi connectivity index (χ3n) is 13.1. The Balaban J connectivity index is 1.35. The maximum Gasteiger partial charge on any atom is 0.254 e. The number of aliphatic hydroxyl groups excluding tert-OH is 1. The van der Waals surface area contributed by atoms with Gasteiger partial charge in [-0.1, -0.05) is 75.2 Å². The molecule has 368 valence electrons. The van der Waals surface area contributed by atoms with Crippen molar-refractivity contribution < 1.29 is 48.9 Å². The van der Waals surface area contributed by atoms with Gasteiger partial charge in [0.15, 0.2) is 17.3 Å². The standard InChI is InChI=1S/C54H67N5O10/c1-7-8-11-35-13-16-37(17-14-35)38-18-20-39(21-19-38)53(68)58(5)45(31-60)52(67)56-33(3)48(64)30-41(12-9-10-25-55)54(69)59(6)50-40-22-24-47(63)43(29-40)42-27-36(15-23-46(42)62)28-44(34(4)61)57-51(66)32(2)26-49(50)65/h13-24,27,29,32-33,41,44-45,50,60,62-63H,7-12,25-26,28,30-31,55H2,1-6H3,(H,56,67)(H,57,66)/t32-,33-,41-,44+,45-,50+/m1/s1. The van der Waals surface area contributed by atoms with Gasteiger partial charge in [0.05, 0.1) is 18.7 Å². The average molecular weight is 946 g/mol. The van der Waals surface area contributed by atoms with E-state index in [-0.39, 0.29) is 59.7 Å². The summed E-state index contributed by atoms with van der Waals surface area (Å²) in [6, 6.07) is 19.3. The van der Waals surface area contributed by atoms with E-state index in [0.29, 0.717) is 30.5 Å². The number of nitrogens with zero attached hydrogens (tertiary/aromatic N) is 2. The summed E-state index contributed by atoms with van der Waals surface area (Å²) in [7, 11) is 2.80. The molecule has 0 saturated carbocycles. The molecule has 15 nitrogen and oxygen atoms in total. The summed E-state index contributed by atoms with van der Waals surface area (Å²) in [6.07, 6.45) is 3.80. The Kier molecular flexibility index (Phi) is 18.9. The zero-order valence-electron chi connectivity index (χ0n) is 40.5. The highest BCUT2D eigenvalue weighted by Crippen LogP contribution is 2.39. The molecule has 0 aromatic heterocycles. The van der Waals surface area contributed by atoms with Crippen molar-refractivity contribution in [2.45, 2.75) is 110 Å². The summed E-state index contributed by atoms with van der Waals surface area (Å²) in [4.78, 5) is 98.8. The van der Waals surface area contributed by atoms with Gasteiger partial charge in [0, 0.05) is 55.5 Å². The molecule has 4 bridgehead atoms. The third-order valence-corrected chi connectivity index (χ3v) is 13.1. The summed E-state index contributed by atoms with van der Waals surface area (Å²) < 4.78 is 0. The number of ketones is 3. The first-order chi connectivity index (χ1) is 32.9. The first-order valence-electron chi connectivity index (χ1n) is 23.7. The van der Waals surface area contributed by atoms with Crippen LogP contribution in [0.15, 0.2) is 84.9 Å². The highest BCUT2D eigenvalue weighted by atomic mass is 16.3. The van der Waals surface area contributed by atoms with Crippen LogP contribution in [0.1, 0.15) is 106 Å². The Bertz CT molecular complexity index is 2490. The second kappa shape index (κ2) is 24.5. The van der Waals surface area contributed by atoms with Crippen molar-refractivity contribution in [3.63, 3.8) is 0 Å². The van der Waals surface area contributed by atoms with Crippen LogP contribution in [-0.2, 0) is 41.6 Å². The number of Topliss-reactive ketones (excluding diaryl/α,β-unsaturated/α-hetero) is 3. The quantitative estimate of drug-likeness (QED) is 0.0611. The van der Waals surface area contributed by atoms with Gasteiger partial charge >= 0.3 is 0 Å². The molecule has 7 N–H and O–H groups in total. The molecule has 6 atom stereocenters. The number of aliphatic hydroxyl groups is 1. The number of nitrogens with two attached hydrogens (primary N) is 1. The van der Waals surface area contributed by atoms with Crippen molar-refractivity contribution in [2.75, 3.05) is 27.2 Å². The summed E-state index contributed by atoms with van der Waals surface area (Å²) >= 11 is 0. The number of aromatic hydroxyl groups is 2. The lowest BCUT2D eigenvalue weighted by Crippen LogP contribution is -2.53. The van der Waals surface area contributed by atoms with Gasteiger partial charge in [0.1, 0.15) is 23.6 Å². The normalized spacial score (nSPS) is 17.4. The number of nitrogens with one attached hydrogen (secondary N) is 2. The summed E-state index contributed by atoms with van der Waals surface area (Å²) in [5, 5.41) is 37.8. The monoisotopic (exact) mass is 945 g/mol. The van der Waals surface area contributed by atoms with E-state index in [1.807, 2.05) is 24.3 Å². The summed E-state index contributed by atoms with van der Waals surface area (Å²) in [6.45, 7) is 6.06. The molecule has 0 saturated heterocycles. The predicted octanol–water partition coefficient (Wildman–Crippen LogP) is 5.84. The van der Waals surface area contributed by atoms with Crippen molar-refractivity contribution in [3.8, 4) is 33.8 Å². The number of hydrogen-bond acceptors (Lipinski definition) is 11. The van der Waals surface area contributed by atoms with Gasteiger partial charge in [0.2, 0.25) is 17.7 Å². The number of amides is 4. The molecule has 1 heterocycles. The van der Waals surface area contributed by atoms with Crippen LogP contribution >= 0.6 is 0 Å². The Morgan fingerprint density at radius 2 is 1.46 bits per heavy atom. The van der Waals surface area contributed by atoms with Crippen molar-refractivity contribution >= 4 is 41.0 Å². The minimum absolute atomic E-state index is 0.0887. The zero-order chi connectivity index (χ0) is 50.5. The van der Waals surface area contributed by atoms with Crippen molar-refractivity contribution in [2.24, 2.45) is 17.6 Å². The molecule has 0 aliphatic carbocycles. The van der Waals surface area contributed by atoms with E-state index in [2.05, 4.69) is 29.7 Å². The number of phenolic OH excluding ortho intramolecular Hbond substituents is 2. The number of rotatable bonds is 19. The van der Waals surface area contributed by atoms with E-state index < -0.39 is 77.8 Å². The molecule has 4 aromatic carbocycles. The van der Waals surface area contributed by atoms with E-state index in [4.69, 9.17) is 5.73 Å². The van der Waals surface area contributed by atoms with Crippen LogP contribution in [0.4, 0.5) is 0 Å². The first-order valence-corrected chi connectivity index (χ1v) is 23.7. The second-order valence-corrected chi connectivity index (χ2v) is 18.3. The third kappa shape index (κ3) is 13.5. The Morgan fingerprint density at radius 3 is 2.07 bits per heavy atom. The highest BCUT2D eigenvalue weighted by Gasteiger charge is 2.37. The predicted molar refractivity (Wildman–Crippen MR) is 263 cm³/mol. The molecule has 69 heavy (non-hydrogen) atoms. The maximum atomic E-state index is 14.7. The first kappa shape index (κ1) is 53.2. The maximum absolute atomic E-state index is 14.7. The molecule has 5 rings (SSSR count). The van der Waals surface area contributed by atoms with Crippen LogP contribution in [0.5, 0.6) is 11.5 Å². The fraction of sp³-hybridized carbons (Fsp3) is 0.426. The molecular weight excluding hydrogens is 879 g/mol. The zero-order valence-corrected chi connectivity index (χ0v) is 40.5. The van der Waals surface area contributed by atoms with Crippen molar-refractivity contribution in [3.05, 3.63) is 107 Å². The fourth-order valence-electron chi connectivity index (χ4n) is 8.69. The van der Waals surface area contributed by atoms with E-state index in [1.54, 1.807) is 31.2 Å². The Morgan fingerprint density at radius 1 is 0.841 bits per heavy atom. The van der Waals surface area contributed by atoms with Gasteiger partial charge in [-0.2, -0.15) is 0 Å². The summed E-state index contributed by atoms with van der Waals surface area (Å²) in [5.41, 5.74) is 10.4. The molecule has 0 unspecified atom stereocenters. The number of unbranched alkanes of at least 4 members (excludes halogenated alkanes) is 2. The van der Waals surface area contributed by atoms with E-state index in [1.165, 1.54) is 62.7 Å². The lowest BCUT2D eigenvalue weighted by molar-refractivity contribution is -0.144. The number of phenols is 2. The van der Waals surface area contributed by atoms with Gasteiger partial charge in [-0.25, -0.2) is 0 Å². The van der Waals surface area contributed by atoms with Gasteiger partial charge in [-0.3, -0.25) is 33.6 Å². The fourth-order valence-corrected chi connectivity index (χ4v) is 8.69. The van der Waals surface area contributed by atoms with E-state index in [9.17, 15) is 48.9 Å². The number of likely N-dealkylation sites (N-methyl/N-ethyl adjacent to an activating group) is 2. The lowest BCUT2D eigenvalue weighted by atomic mass is 9.88. The van der Waals surface area contributed by atoms with Gasteiger partial charge in [0.25, 0.3) is 5.91 Å². The Hall–Kier alpha value is -6.71. The van der Waals surface area contributed by atoms with Crippen LogP contribution < -0.4 is 16.4 Å². The largest absolute Gasteiger partial charge is 0.507 e. The molecule has 0 fully saturated rings. The van der Waals surface area contributed by atoms with Crippen LogP contribution in [0, 0.1) is 11.8 Å². The number of benzene rings is 4. The van der Waals surface area contributed by atoms with Gasteiger partial charge in [-0.05, 0) is 117 Å². The minimum Gasteiger partial charge on any atom is -0.507 e. The molecule has 0 radical (unpaired) electrons. The van der Waals surface area contributed by atoms with Gasteiger partial charge in [-0.15, -0.1) is 0 Å².